The summed E-state index contributed by atoms with van der Waals surface area (Å²) in [5.41, 5.74) is 0. The topological polar surface area (TPSA) is 67.4 Å². The molecule has 1 atom stereocenters. The summed E-state index contributed by atoms with van der Waals surface area (Å²) >= 11 is 5.24. The second kappa shape index (κ2) is 7.46. The summed E-state index contributed by atoms with van der Waals surface area (Å²) in [7, 11) is 0. The first-order valence-electron chi connectivity index (χ1n) is 5.47. The largest absolute Gasteiger partial charge is 0.378 e. The molecule has 16 heavy (non-hydrogen) atoms. The zero-order valence-electron chi connectivity index (χ0n) is 9.13. The number of hydrogen-bond acceptors (Lipinski definition) is 3. The van der Waals surface area contributed by atoms with Crippen LogP contribution in [0.3, 0.4) is 0 Å². The Bertz CT molecular complexity index is 242. The Balaban J connectivity index is 2.05. The first-order chi connectivity index (χ1) is 7.72. The molecule has 1 unspecified atom stereocenters. The first kappa shape index (κ1) is 13.3. The monoisotopic (exact) mass is 248 g/mol. The van der Waals surface area contributed by atoms with Crippen molar-refractivity contribution in [3.63, 3.8) is 0 Å². The van der Waals surface area contributed by atoms with Crippen LogP contribution >= 0.6 is 11.6 Å². The molecule has 1 heterocycles. The Morgan fingerprint density at radius 1 is 1.38 bits per heavy atom. The van der Waals surface area contributed by atoms with E-state index >= 15 is 0 Å². The van der Waals surface area contributed by atoms with Gasteiger partial charge >= 0.3 is 6.03 Å². The molecule has 0 aromatic heterocycles. The minimum atomic E-state index is -0.499. The molecular weight excluding hydrogens is 232 g/mol. The molecular formula is C10H17ClN2O3. The number of nitrogens with one attached hydrogen (secondary N) is 2. The molecule has 5 nitrogen and oxygen atoms in total. The van der Waals surface area contributed by atoms with Crippen molar-refractivity contribution in [2.75, 3.05) is 19.0 Å². The molecule has 1 aliphatic heterocycles. The summed E-state index contributed by atoms with van der Waals surface area (Å²) in [6.07, 6.45) is 4.36. The normalized spacial score (nSPS) is 20.2. The Labute approximate surface area is 99.9 Å². The van der Waals surface area contributed by atoms with Crippen LogP contribution in [0.2, 0.25) is 0 Å². The van der Waals surface area contributed by atoms with E-state index in [-0.39, 0.29) is 12.0 Å². The summed E-state index contributed by atoms with van der Waals surface area (Å²) in [6, 6.07) is -0.499. The highest BCUT2D eigenvalue weighted by Crippen LogP contribution is 2.14. The van der Waals surface area contributed by atoms with Gasteiger partial charge in [-0.25, -0.2) is 4.79 Å². The smallest absolute Gasteiger partial charge is 0.321 e. The number of halogens is 1. The van der Waals surface area contributed by atoms with Gasteiger partial charge in [-0.3, -0.25) is 10.1 Å². The van der Waals surface area contributed by atoms with E-state index in [1.807, 2.05) is 0 Å². The van der Waals surface area contributed by atoms with Gasteiger partial charge in [-0.1, -0.05) is 0 Å². The van der Waals surface area contributed by atoms with E-state index in [0.717, 1.165) is 25.9 Å². The van der Waals surface area contributed by atoms with Crippen LogP contribution in [0.1, 0.15) is 25.7 Å². The van der Waals surface area contributed by atoms with Crippen LogP contribution in [-0.2, 0) is 9.53 Å². The number of alkyl halides is 1. The third-order valence-electron chi connectivity index (χ3n) is 2.40. The fraction of sp³-hybridized carbons (Fsp3) is 0.800. The van der Waals surface area contributed by atoms with Gasteiger partial charge in [0.1, 0.15) is 5.88 Å². The Morgan fingerprint density at radius 2 is 2.19 bits per heavy atom. The van der Waals surface area contributed by atoms with Crippen LogP contribution in [0, 0.1) is 0 Å². The number of carbonyl (C=O) groups is 2. The minimum Gasteiger partial charge on any atom is -0.378 e. The van der Waals surface area contributed by atoms with Crippen molar-refractivity contribution in [2.24, 2.45) is 0 Å². The van der Waals surface area contributed by atoms with E-state index in [2.05, 4.69) is 10.6 Å². The van der Waals surface area contributed by atoms with Gasteiger partial charge in [-0.05, 0) is 25.7 Å². The number of imide groups is 1. The van der Waals surface area contributed by atoms with Gasteiger partial charge in [-0.2, -0.15) is 0 Å². The van der Waals surface area contributed by atoms with Gasteiger partial charge in [0.15, 0.2) is 0 Å². The maximum absolute atomic E-state index is 11.1. The highest BCUT2D eigenvalue weighted by atomic mass is 35.5. The van der Waals surface area contributed by atoms with Gasteiger partial charge in [0.05, 0.1) is 6.10 Å². The summed E-state index contributed by atoms with van der Waals surface area (Å²) in [5, 5.41) is 4.69. The van der Waals surface area contributed by atoms with E-state index < -0.39 is 11.9 Å². The van der Waals surface area contributed by atoms with Crippen molar-refractivity contribution in [1.29, 1.82) is 0 Å². The molecule has 92 valence electrons. The van der Waals surface area contributed by atoms with E-state index in [1.165, 1.54) is 6.42 Å². The molecule has 1 aliphatic rings. The Hall–Kier alpha value is -0.810. The van der Waals surface area contributed by atoms with Crippen molar-refractivity contribution < 1.29 is 14.3 Å². The number of ether oxygens (including phenoxy) is 1. The molecule has 1 rings (SSSR count). The molecule has 3 amide bonds. The minimum absolute atomic E-state index is 0.209. The molecule has 0 bridgehead atoms. The van der Waals surface area contributed by atoms with E-state index in [9.17, 15) is 9.59 Å². The van der Waals surface area contributed by atoms with Crippen LogP contribution < -0.4 is 10.6 Å². The van der Waals surface area contributed by atoms with Crippen molar-refractivity contribution >= 4 is 23.5 Å². The lowest BCUT2D eigenvalue weighted by molar-refractivity contribution is -0.117. The summed E-state index contributed by atoms with van der Waals surface area (Å²) in [4.78, 5) is 21.9. The van der Waals surface area contributed by atoms with Crippen molar-refractivity contribution in [2.45, 2.75) is 31.8 Å². The maximum atomic E-state index is 11.1. The quantitative estimate of drug-likeness (QED) is 0.730. The van der Waals surface area contributed by atoms with Crippen molar-refractivity contribution in [1.82, 2.24) is 10.6 Å². The third-order valence-corrected chi connectivity index (χ3v) is 2.64. The maximum Gasteiger partial charge on any atom is 0.321 e. The van der Waals surface area contributed by atoms with Crippen LogP contribution in [0.15, 0.2) is 0 Å². The Kier molecular flexibility index (Phi) is 6.18. The van der Waals surface area contributed by atoms with E-state index in [0.29, 0.717) is 6.54 Å². The van der Waals surface area contributed by atoms with E-state index in [1.54, 1.807) is 0 Å². The summed E-state index contributed by atoms with van der Waals surface area (Å²) in [5.74, 6) is -0.702. The predicted octanol–water partition coefficient (Wildman–Crippen LogP) is 1.01. The average molecular weight is 249 g/mol. The van der Waals surface area contributed by atoms with Crippen LogP contribution in [-0.4, -0.2) is 37.1 Å². The molecule has 1 fully saturated rings. The number of carbonyl (C=O) groups excluding carboxylic acids is 2. The molecule has 0 aromatic rings. The van der Waals surface area contributed by atoms with Gasteiger partial charge in [-0.15, -0.1) is 11.6 Å². The van der Waals surface area contributed by atoms with E-state index in [4.69, 9.17) is 16.3 Å². The highest BCUT2D eigenvalue weighted by Gasteiger charge is 2.13. The van der Waals surface area contributed by atoms with Gasteiger partial charge in [0.25, 0.3) is 0 Å². The molecule has 6 heteroatoms. The molecule has 0 radical (unpaired) electrons. The average Bonchev–Trinajstić information content (AvgIpc) is 2.30. The first-order valence-corrected chi connectivity index (χ1v) is 6.01. The molecule has 0 saturated carbocycles. The Morgan fingerprint density at radius 3 is 2.81 bits per heavy atom. The standard InChI is InChI=1S/C10H17ClN2O3/c11-7-9(14)13-10(15)12-5-4-8-3-1-2-6-16-8/h8H,1-7H2,(H2,12,13,14,15). The van der Waals surface area contributed by atoms with Gasteiger partial charge < -0.3 is 10.1 Å². The lowest BCUT2D eigenvalue weighted by atomic mass is 10.1. The summed E-state index contributed by atoms with van der Waals surface area (Å²) in [6.45, 7) is 1.31. The molecule has 1 saturated heterocycles. The second-order valence-corrected chi connectivity index (χ2v) is 3.98. The van der Waals surface area contributed by atoms with Crippen molar-refractivity contribution in [3.05, 3.63) is 0 Å². The fourth-order valence-electron chi connectivity index (χ4n) is 1.59. The van der Waals surface area contributed by atoms with Crippen molar-refractivity contribution in [3.8, 4) is 0 Å². The van der Waals surface area contributed by atoms with Crippen LogP contribution in [0.4, 0.5) is 4.79 Å². The molecule has 0 aliphatic carbocycles. The molecule has 2 N–H and O–H groups in total. The van der Waals surface area contributed by atoms with Crippen LogP contribution in [0.25, 0.3) is 0 Å². The fourth-order valence-corrected chi connectivity index (χ4v) is 1.65. The third kappa shape index (κ3) is 5.32. The van der Waals surface area contributed by atoms with Gasteiger partial charge in [0, 0.05) is 13.2 Å². The summed E-state index contributed by atoms with van der Waals surface area (Å²) < 4.78 is 5.50. The lowest BCUT2D eigenvalue weighted by Crippen LogP contribution is -2.41. The highest BCUT2D eigenvalue weighted by molar-refractivity contribution is 6.28. The zero-order chi connectivity index (χ0) is 11.8. The number of hydrogen-bond donors (Lipinski definition) is 2. The molecule has 0 aromatic carbocycles. The van der Waals surface area contributed by atoms with Gasteiger partial charge in [0.2, 0.25) is 5.91 Å². The number of urea groups is 1. The number of rotatable bonds is 4. The SMILES string of the molecule is O=C(CCl)NC(=O)NCCC1CCCCO1. The predicted molar refractivity (Wildman–Crippen MR) is 60.5 cm³/mol. The lowest BCUT2D eigenvalue weighted by Gasteiger charge is -2.22. The molecule has 0 spiro atoms. The number of amides is 3. The van der Waals surface area contributed by atoms with Crippen LogP contribution in [0.5, 0.6) is 0 Å². The second-order valence-electron chi connectivity index (χ2n) is 3.71. The zero-order valence-corrected chi connectivity index (χ0v) is 9.89.